The van der Waals surface area contributed by atoms with Gasteiger partial charge in [0.05, 0.1) is 0 Å². The molecule has 0 radical (unpaired) electrons. The van der Waals surface area contributed by atoms with Crippen molar-refractivity contribution in [1.29, 1.82) is 0 Å². The summed E-state index contributed by atoms with van der Waals surface area (Å²) in [6, 6.07) is 0. The lowest BCUT2D eigenvalue weighted by Crippen LogP contribution is -2.54. The molecule has 1 saturated carbocycles. The topological polar surface area (TPSA) is 217 Å². The van der Waals surface area contributed by atoms with Crippen molar-refractivity contribution in [3.05, 3.63) is 94.9 Å². The Balaban J connectivity index is 1.15. The van der Waals surface area contributed by atoms with Crippen molar-refractivity contribution >= 4 is 35.8 Å². The molecule has 52 heavy (non-hydrogen) atoms. The Bertz CT molecular complexity index is 1780. The van der Waals surface area contributed by atoms with E-state index < -0.39 is 76.4 Å². The first-order valence-electron chi connectivity index (χ1n) is 16.2. The normalized spacial score (nSPS) is 29.3. The van der Waals surface area contributed by atoms with Crippen LogP contribution in [0.2, 0.25) is 0 Å². The number of aliphatic hydroxyl groups excluding tert-OH is 2. The van der Waals surface area contributed by atoms with Gasteiger partial charge in [0.25, 0.3) is 35.0 Å². The number of hydrogen-bond donors (Lipinski definition) is 2. The van der Waals surface area contributed by atoms with Crippen LogP contribution in [0.25, 0.3) is 0 Å². The van der Waals surface area contributed by atoms with Crippen LogP contribution in [0.5, 0.6) is 0 Å². The van der Waals surface area contributed by atoms with Gasteiger partial charge in [-0.25, -0.2) is 28.8 Å². The fourth-order valence-corrected chi connectivity index (χ4v) is 5.66. The second kappa shape index (κ2) is 14.3. The SMILES string of the molecule is CCCC1(C)OC(=O)C(=C/C=C/C=C/C2=C(O)OC3(CCC4(CC3)OC(=O)C(=C/C=C/C=C/C3=C(O)OC(C)(C)OC3=O)C(=O)O4)OC2=O)C(=O)O1. The number of allylic oxidation sites excluding steroid dienone is 8. The zero-order valence-electron chi connectivity index (χ0n) is 28.6. The van der Waals surface area contributed by atoms with Crippen LogP contribution in [0.1, 0.15) is 66.2 Å². The van der Waals surface area contributed by atoms with Crippen molar-refractivity contribution in [2.24, 2.45) is 0 Å². The predicted molar refractivity (Wildman–Crippen MR) is 172 cm³/mol. The summed E-state index contributed by atoms with van der Waals surface area (Å²) in [6.45, 7) is 6.26. The van der Waals surface area contributed by atoms with E-state index in [2.05, 4.69) is 0 Å². The van der Waals surface area contributed by atoms with Gasteiger partial charge >= 0.3 is 35.8 Å². The lowest BCUT2D eigenvalue weighted by atomic mass is 9.87. The first kappa shape index (κ1) is 37.2. The summed E-state index contributed by atoms with van der Waals surface area (Å²) in [5, 5.41) is 20.5. The highest BCUT2D eigenvalue weighted by Gasteiger charge is 2.56. The third kappa shape index (κ3) is 8.11. The lowest BCUT2D eigenvalue weighted by molar-refractivity contribution is -0.297. The molecule has 4 heterocycles. The molecule has 1 aliphatic carbocycles. The van der Waals surface area contributed by atoms with E-state index in [1.54, 1.807) is 0 Å². The quantitative estimate of drug-likeness (QED) is 0.118. The standard InChI is InChI=1S/C36H36O16/c1-5-16-34(4)47-27(39)22(28(40)48-34)13-9-7-11-15-24-31(43)51-36(52-32(24)44)19-17-35(18-20-36)49-29(41)23(30(42)50-35)14-10-6-8-12-21-25(37)45-33(2,3)46-26(21)38/h6-15,37,43H,5,16-20H2,1-4H3/b9-7+,10-6+,12-8+,15-11+,22-13?,23-14?. The number of rotatable bonds is 8. The third-order valence-electron chi connectivity index (χ3n) is 8.17. The second-order valence-electron chi connectivity index (χ2n) is 12.7. The van der Waals surface area contributed by atoms with Crippen molar-refractivity contribution < 1.29 is 76.9 Å². The van der Waals surface area contributed by atoms with E-state index in [0.29, 0.717) is 12.8 Å². The van der Waals surface area contributed by atoms with E-state index in [1.807, 2.05) is 6.92 Å². The Morgan fingerprint density at radius 2 is 0.923 bits per heavy atom. The van der Waals surface area contributed by atoms with Gasteiger partial charge in [-0.3, -0.25) is 0 Å². The molecule has 0 aromatic carbocycles. The van der Waals surface area contributed by atoms with Crippen molar-refractivity contribution in [1.82, 2.24) is 0 Å². The predicted octanol–water partition coefficient (Wildman–Crippen LogP) is 4.17. The maximum atomic E-state index is 12.8. The van der Waals surface area contributed by atoms with E-state index in [0.717, 1.165) is 6.08 Å². The van der Waals surface area contributed by atoms with Gasteiger partial charge in [-0.15, -0.1) is 0 Å². The van der Waals surface area contributed by atoms with Crippen LogP contribution in [-0.2, 0) is 66.7 Å². The van der Waals surface area contributed by atoms with Gasteiger partial charge in [0.15, 0.2) is 0 Å². The van der Waals surface area contributed by atoms with Crippen LogP contribution >= 0.6 is 0 Å². The number of aliphatic hydroxyl groups is 2. The summed E-state index contributed by atoms with van der Waals surface area (Å²) < 4.78 is 42.7. The molecular weight excluding hydrogens is 688 g/mol. The van der Waals surface area contributed by atoms with Crippen LogP contribution in [-0.4, -0.2) is 69.2 Å². The first-order valence-corrected chi connectivity index (χ1v) is 16.2. The molecule has 2 N–H and O–H groups in total. The molecule has 0 aromatic rings. The molecule has 0 amide bonds. The minimum Gasteiger partial charge on any atom is -0.480 e. The van der Waals surface area contributed by atoms with Crippen molar-refractivity contribution in [2.75, 3.05) is 0 Å². The molecule has 16 heteroatoms. The van der Waals surface area contributed by atoms with Crippen LogP contribution in [0.15, 0.2) is 94.9 Å². The minimum atomic E-state index is -1.65. The molecule has 5 rings (SSSR count). The number of carbonyl (C=O) groups excluding carboxylic acids is 6. The van der Waals surface area contributed by atoms with Gasteiger partial charge in [-0.05, 0) is 30.7 Å². The van der Waals surface area contributed by atoms with E-state index in [-0.39, 0.29) is 42.4 Å². The highest BCUT2D eigenvalue weighted by Crippen LogP contribution is 2.46. The zero-order chi connectivity index (χ0) is 37.9. The fraction of sp³-hybridized carbons (Fsp3) is 0.389. The first-order chi connectivity index (χ1) is 24.5. The van der Waals surface area contributed by atoms with Crippen molar-refractivity contribution in [3.63, 3.8) is 0 Å². The molecular formula is C36H36O16. The van der Waals surface area contributed by atoms with Crippen LogP contribution in [0.3, 0.4) is 0 Å². The fourth-order valence-electron chi connectivity index (χ4n) is 5.66. The summed E-state index contributed by atoms with van der Waals surface area (Å²) in [5.74, 6) is -12.5. The van der Waals surface area contributed by atoms with Crippen LogP contribution in [0, 0.1) is 0 Å². The molecule has 4 aliphatic heterocycles. The number of esters is 6. The Morgan fingerprint density at radius 1 is 0.519 bits per heavy atom. The number of carbonyl (C=O) groups is 6. The minimum absolute atomic E-state index is 0.104. The van der Waals surface area contributed by atoms with E-state index >= 15 is 0 Å². The molecule has 0 atom stereocenters. The molecule has 2 saturated heterocycles. The van der Waals surface area contributed by atoms with Crippen molar-refractivity contribution in [2.45, 2.75) is 89.4 Å². The van der Waals surface area contributed by atoms with E-state index in [9.17, 15) is 39.0 Å². The number of cyclic esters (lactones) is 3. The Hall–Kier alpha value is -6.06. The molecule has 3 fully saturated rings. The maximum absolute atomic E-state index is 12.8. The Kier molecular flexibility index (Phi) is 10.2. The molecule has 2 spiro atoms. The van der Waals surface area contributed by atoms with Gasteiger partial charge in [-0.2, -0.15) is 0 Å². The average molecular weight is 725 g/mol. The zero-order valence-corrected chi connectivity index (χ0v) is 28.6. The highest BCUT2D eigenvalue weighted by molar-refractivity contribution is 6.16. The highest BCUT2D eigenvalue weighted by atomic mass is 16.8. The maximum Gasteiger partial charge on any atom is 0.348 e. The van der Waals surface area contributed by atoms with Gasteiger partial charge in [-0.1, -0.05) is 43.4 Å². The van der Waals surface area contributed by atoms with Crippen LogP contribution < -0.4 is 0 Å². The Morgan fingerprint density at radius 3 is 1.37 bits per heavy atom. The summed E-state index contributed by atoms with van der Waals surface area (Å²) in [6.07, 6.45) is 13.4. The van der Waals surface area contributed by atoms with Gasteiger partial charge in [0, 0.05) is 52.9 Å². The van der Waals surface area contributed by atoms with Crippen molar-refractivity contribution in [3.8, 4) is 0 Å². The molecule has 5 aliphatic rings. The monoisotopic (exact) mass is 724 g/mol. The summed E-state index contributed by atoms with van der Waals surface area (Å²) in [7, 11) is 0. The van der Waals surface area contributed by atoms with Gasteiger partial charge < -0.3 is 48.1 Å². The average Bonchev–Trinajstić information content (AvgIpc) is 3.02. The largest absolute Gasteiger partial charge is 0.480 e. The molecule has 16 nitrogen and oxygen atoms in total. The van der Waals surface area contributed by atoms with E-state index in [4.69, 9.17) is 37.9 Å². The third-order valence-corrected chi connectivity index (χ3v) is 8.17. The smallest absolute Gasteiger partial charge is 0.348 e. The molecule has 276 valence electrons. The molecule has 0 bridgehead atoms. The number of hydrogen-bond acceptors (Lipinski definition) is 16. The summed E-state index contributed by atoms with van der Waals surface area (Å²) in [4.78, 5) is 75.0. The lowest BCUT2D eigenvalue weighted by Gasteiger charge is -2.46. The van der Waals surface area contributed by atoms with E-state index in [1.165, 1.54) is 75.5 Å². The van der Waals surface area contributed by atoms with Gasteiger partial charge in [0.1, 0.15) is 22.3 Å². The second-order valence-corrected chi connectivity index (χ2v) is 12.7. The Labute approximate surface area is 296 Å². The van der Waals surface area contributed by atoms with Gasteiger partial charge in [0.2, 0.25) is 0 Å². The summed E-state index contributed by atoms with van der Waals surface area (Å²) in [5.41, 5.74) is -1.26. The summed E-state index contributed by atoms with van der Waals surface area (Å²) >= 11 is 0. The molecule has 0 unspecified atom stereocenters. The van der Waals surface area contributed by atoms with Crippen LogP contribution in [0.4, 0.5) is 0 Å². The number of ether oxygens (including phenoxy) is 8. The molecule has 0 aromatic heterocycles.